The number of carbonyl (C=O) groups excluding carboxylic acids is 1. The van der Waals surface area contributed by atoms with Crippen LogP contribution in [0.5, 0.6) is 0 Å². The summed E-state index contributed by atoms with van der Waals surface area (Å²) in [5.41, 5.74) is 0. The molecule has 0 aliphatic heterocycles. The summed E-state index contributed by atoms with van der Waals surface area (Å²) in [5, 5.41) is 3.32. The fourth-order valence-corrected chi connectivity index (χ4v) is 2.35. The van der Waals surface area contributed by atoms with Crippen molar-refractivity contribution < 1.29 is 9.53 Å². The number of carbonyl (C=O) groups is 1. The second-order valence-electron chi connectivity index (χ2n) is 4.58. The van der Waals surface area contributed by atoms with Crippen LogP contribution in [0.2, 0.25) is 0 Å². The van der Waals surface area contributed by atoms with E-state index >= 15 is 0 Å². The van der Waals surface area contributed by atoms with Crippen molar-refractivity contribution >= 4 is 17.7 Å². The molecule has 1 unspecified atom stereocenters. The molecule has 0 aliphatic carbocycles. The molecule has 0 radical (unpaired) electrons. The quantitative estimate of drug-likeness (QED) is 0.438. The Morgan fingerprint density at radius 2 is 1.94 bits per heavy atom. The van der Waals surface area contributed by atoms with Gasteiger partial charge in [-0.15, -0.1) is 0 Å². The third-order valence-corrected chi connectivity index (χ3v) is 3.69. The van der Waals surface area contributed by atoms with Gasteiger partial charge >= 0.3 is 5.97 Å². The molecule has 1 atom stereocenters. The highest BCUT2D eigenvalue weighted by atomic mass is 32.2. The smallest absolute Gasteiger partial charge is 0.322 e. The first-order valence-corrected chi connectivity index (χ1v) is 8.45. The summed E-state index contributed by atoms with van der Waals surface area (Å²) in [6.45, 7) is 3.06. The molecule has 0 bridgehead atoms. The fraction of sp³-hybridized carbons (Fsp3) is 0.929. The molecule has 0 saturated carbocycles. The first-order valence-electron chi connectivity index (χ1n) is 7.06. The number of nitrogens with one attached hydrogen (secondary N) is 1. The van der Waals surface area contributed by atoms with Crippen LogP contribution in [-0.4, -0.2) is 37.7 Å². The van der Waals surface area contributed by atoms with Gasteiger partial charge in [-0.3, -0.25) is 4.79 Å². The predicted molar refractivity (Wildman–Crippen MR) is 80.2 cm³/mol. The Hall–Kier alpha value is -0.220. The average Bonchev–Trinajstić information content (AvgIpc) is 2.40. The van der Waals surface area contributed by atoms with E-state index in [-0.39, 0.29) is 12.0 Å². The third kappa shape index (κ3) is 9.77. The molecule has 0 aromatic heterocycles. The Balaban J connectivity index is 3.59. The van der Waals surface area contributed by atoms with Crippen molar-refractivity contribution in [3.8, 4) is 0 Å². The van der Waals surface area contributed by atoms with Gasteiger partial charge in [0.1, 0.15) is 6.04 Å². The lowest BCUT2D eigenvalue weighted by molar-refractivity contribution is -0.143. The molecule has 0 aromatic rings. The minimum absolute atomic E-state index is 0.110. The van der Waals surface area contributed by atoms with Crippen LogP contribution in [0.25, 0.3) is 0 Å². The summed E-state index contributed by atoms with van der Waals surface area (Å²) in [5.74, 6) is 1.14. The summed E-state index contributed by atoms with van der Waals surface area (Å²) < 4.78 is 4.82. The summed E-state index contributed by atoms with van der Waals surface area (Å²) in [7, 11) is 1.46. The summed E-state index contributed by atoms with van der Waals surface area (Å²) >= 11 is 1.91. The van der Waals surface area contributed by atoms with Gasteiger partial charge in [0.05, 0.1) is 7.11 Å². The minimum Gasteiger partial charge on any atom is -0.468 e. The van der Waals surface area contributed by atoms with Gasteiger partial charge in [0, 0.05) is 0 Å². The molecule has 0 spiro atoms. The van der Waals surface area contributed by atoms with Crippen molar-refractivity contribution in [3.63, 3.8) is 0 Å². The minimum atomic E-state index is -0.120. The lowest BCUT2D eigenvalue weighted by atomic mass is 10.1. The van der Waals surface area contributed by atoms with Crippen molar-refractivity contribution in [1.82, 2.24) is 5.32 Å². The van der Waals surface area contributed by atoms with Gasteiger partial charge in [-0.1, -0.05) is 32.6 Å². The van der Waals surface area contributed by atoms with Gasteiger partial charge in [0.15, 0.2) is 0 Å². The molecule has 0 heterocycles. The van der Waals surface area contributed by atoms with E-state index in [4.69, 9.17) is 4.74 Å². The van der Waals surface area contributed by atoms with Crippen LogP contribution >= 0.6 is 11.8 Å². The van der Waals surface area contributed by atoms with E-state index in [0.29, 0.717) is 0 Å². The molecule has 0 aliphatic rings. The highest BCUT2D eigenvalue weighted by Crippen LogP contribution is 2.06. The maximum Gasteiger partial charge on any atom is 0.322 e. The zero-order valence-electron chi connectivity index (χ0n) is 12.2. The van der Waals surface area contributed by atoms with Crippen LogP contribution < -0.4 is 5.32 Å². The molecule has 0 fully saturated rings. The lowest BCUT2D eigenvalue weighted by Crippen LogP contribution is -2.38. The third-order valence-electron chi connectivity index (χ3n) is 3.00. The van der Waals surface area contributed by atoms with E-state index in [9.17, 15) is 4.79 Å². The van der Waals surface area contributed by atoms with E-state index in [0.717, 1.165) is 32.2 Å². The maximum absolute atomic E-state index is 11.5. The molecule has 0 amide bonds. The number of hydrogen-bond donors (Lipinski definition) is 1. The van der Waals surface area contributed by atoms with E-state index < -0.39 is 0 Å². The molecule has 0 saturated heterocycles. The second kappa shape index (κ2) is 13.2. The van der Waals surface area contributed by atoms with Crippen LogP contribution in [0.15, 0.2) is 0 Å². The normalized spacial score (nSPS) is 12.4. The van der Waals surface area contributed by atoms with Gasteiger partial charge in [0.25, 0.3) is 0 Å². The van der Waals surface area contributed by atoms with Crippen molar-refractivity contribution in [1.29, 1.82) is 0 Å². The van der Waals surface area contributed by atoms with E-state index in [1.807, 2.05) is 11.8 Å². The van der Waals surface area contributed by atoms with Crippen molar-refractivity contribution in [2.75, 3.05) is 25.7 Å². The molecule has 4 heteroatoms. The highest BCUT2D eigenvalue weighted by Gasteiger charge is 2.16. The zero-order valence-corrected chi connectivity index (χ0v) is 13.0. The first-order chi connectivity index (χ1) is 8.76. The lowest BCUT2D eigenvalue weighted by Gasteiger charge is -2.15. The molecule has 0 rings (SSSR count). The zero-order chi connectivity index (χ0) is 13.6. The molecule has 108 valence electrons. The van der Waals surface area contributed by atoms with Gasteiger partial charge < -0.3 is 10.1 Å². The Morgan fingerprint density at radius 1 is 1.22 bits per heavy atom. The Bertz CT molecular complexity index is 200. The van der Waals surface area contributed by atoms with Gasteiger partial charge in [-0.05, 0) is 37.8 Å². The topological polar surface area (TPSA) is 38.3 Å². The van der Waals surface area contributed by atoms with Crippen LogP contribution in [-0.2, 0) is 9.53 Å². The molecule has 0 aromatic carbocycles. The fourth-order valence-electron chi connectivity index (χ4n) is 1.85. The summed E-state index contributed by atoms with van der Waals surface area (Å²) in [4.78, 5) is 11.5. The number of esters is 1. The number of ether oxygens (including phenoxy) is 1. The number of unbranched alkanes of at least 4 members (excludes halogenated alkanes) is 4. The van der Waals surface area contributed by atoms with Gasteiger partial charge in [-0.2, -0.15) is 11.8 Å². The van der Waals surface area contributed by atoms with Crippen LogP contribution in [0, 0.1) is 0 Å². The average molecular weight is 275 g/mol. The standard InChI is InChI=1S/C14H29NO2S/c1-4-5-10-13(14(16)17-2)15-11-8-6-7-9-12-18-3/h13,15H,4-12H2,1-3H3. The Kier molecular flexibility index (Phi) is 13.1. The van der Waals surface area contributed by atoms with Gasteiger partial charge in [0.2, 0.25) is 0 Å². The summed E-state index contributed by atoms with van der Waals surface area (Å²) in [6, 6.07) is -0.110. The first kappa shape index (κ1) is 17.8. The molecule has 18 heavy (non-hydrogen) atoms. The van der Waals surface area contributed by atoms with Crippen LogP contribution in [0.3, 0.4) is 0 Å². The highest BCUT2D eigenvalue weighted by molar-refractivity contribution is 7.98. The van der Waals surface area contributed by atoms with Gasteiger partial charge in [-0.25, -0.2) is 0 Å². The maximum atomic E-state index is 11.5. The number of rotatable bonds is 12. The molecular formula is C14H29NO2S. The molecule has 3 nitrogen and oxygen atoms in total. The summed E-state index contributed by atoms with van der Waals surface area (Å²) in [6.07, 6.45) is 10.2. The molecular weight excluding hydrogens is 246 g/mol. The second-order valence-corrected chi connectivity index (χ2v) is 5.56. The number of thioether (sulfide) groups is 1. The van der Waals surface area contributed by atoms with Crippen LogP contribution in [0.1, 0.15) is 51.9 Å². The molecule has 1 N–H and O–H groups in total. The number of methoxy groups -OCH3 is 1. The Morgan fingerprint density at radius 3 is 2.56 bits per heavy atom. The van der Waals surface area contributed by atoms with Crippen molar-refractivity contribution in [3.05, 3.63) is 0 Å². The Labute approximate surface area is 116 Å². The van der Waals surface area contributed by atoms with E-state index in [1.54, 1.807) is 0 Å². The predicted octanol–water partition coefficient (Wildman–Crippen LogP) is 3.23. The largest absolute Gasteiger partial charge is 0.468 e. The van der Waals surface area contributed by atoms with Crippen LogP contribution in [0.4, 0.5) is 0 Å². The van der Waals surface area contributed by atoms with E-state index in [1.165, 1.54) is 32.1 Å². The number of hydrogen-bond acceptors (Lipinski definition) is 4. The SMILES string of the molecule is CCCCC(NCCCCCCSC)C(=O)OC. The van der Waals surface area contributed by atoms with E-state index in [2.05, 4.69) is 18.5 Å². The monoisotopic (exact) mass is 275 g/mol. The van der Waals surface area contributed by atoms with Crippen molar-refractivity contribution in [2.45, 2.75) is 57.9 Å². The van der Waals surface area contributed by atoms with Crippen molar-refractivity contribution in [2.24, 2.45) is 0 Å².